The number of aromatic nitrogens is 4. The first-order chi connectivity index (χ1) is 16.7. The summed E-state index contributed by atoms with van der Waals surface area (Å²) < 4.78 is 31.4. The fourth-order valence-electron chi connectivity index (χ4n) is 4.43. The van der Waals surface area contributed by atoms with Gasteiger partial charge in [-0.15, -0.1) is 0 Å². The third-order valence-electron chi connectivity index (χ3n) is 6.44. The molecule has 1 amide bonds. The van der Waals surface area contributed by atoms with E-state index in [-0.39, 0.29) is 42.2 Å². The standard InChI is InChI=1S/C23H24N6O5S/c1-25-15-24-21-20(25)22(31)29(23(32)26(21)2)14-19(30)27-9-11-28(12-10-27)35(33,34)18-8-7-16-5-3-4-6-17(16)13-18/h3-8,13,15H,9-12,14H2,1-2H3. The maximum absolute atomic E-state index is 13.2. The first-order valence-electron chi connectivity index (χ1n) is 11.1. The molecule has 0 bridgehead atoms. The SMILES string of the molecule is Cn1cnc2c1c(=O)n(CC(=O)N1CCN(S(=O)(=O)c3ccc4ccccc4c3)CC1)c(=O)n2C. The van der Waals surface area contributed by atoms with Crippen molar-refractivity contribution < 1.29 is 13.2 Å². The van der Waals surface area contributed by atoms with Crippen molar-refractivity contribution in [2.24, 2.45) is 14.1 Å². The lowest BCUT2D eigenvalue weighted by atomic mass is 10.1. The van der Waals surface area contributed by atoms with Crippen LogP contribution in [-0.4, -0.2) is 68.4 Å². The summed E-state index contributed by atoms with van der Waals surface area (Å²) in [4.78, 5) is 44.3. The van der Waals surface area contributed by atoms with Crippen LogP contribution in [0, 0.1) is 0 Å². The monoisotopic (exact) mass is 496 g/mol. The van der Waals surface area contributed by atoms with Crippen molar-refractivity contribution in [2.75, 3.05) is 26.2 Å². The molecule has 3 heterocycles. The predicted molar refractivity (Wildman–Crippen MR) is 130 cm³/mol. The highest BCUT2D eigenvalue weighted by molar-refractivity contribution is 7.89. The molecule has 4 aromatic rings. The predicted octanol–water partition coefficient (Wildman–Crippen LogP) is 0.120. The first-order valence-corrected chi connectivity index (χ1v) is 12.5. The van der Waals surface area contributed by atoms with Crippen molar-refractivity contribution in [3.63, 3.8) is 0 Å². The van der Waals surface area contributed by atoms with Crippen LogP contribution in [0.5, 0.6) is 0 Å². The third-order valence-corrected chi connectivity index (χ3v) is 8.34. The summed E-state index contributed by atoms with van der Waals surface area (Å²) in [6.45, 7) is 0.135. The second-order valence-electron chi connectivity index (χ2n) is 8.55. The largest absolute Gasteiger partial charge is 0.338 e. The zero-order valence-electron chi connectivity index (χ0n) is 19.3. The van der Waals surface area contributed by atoms with Crippen molar-refractivity contribution in [3.05, 3.63) is 69.6 Å². The number of aryl methyl sites for hydroxylation is 2. The fraction of sp³-hybridized carbons (Fsp3) is 0.304. The average Bonchev–Trinajstić information content (AvgIpc) is 3.26. The van der Waals surface area contributed by atoms with Crippen molar-refractivity contribution in [1.29, 1.82) is 0 Å². The van der Waals surface area contributed by atoms with Gasteiger partial charge in [0.1, 0.15) is 6.54 Å². The molecular weight excluding hydrogens is 472 g/mol. The summed E-state index contributed by atoms with van der Waals surface area (Å²) in [6, 6.07) is 12.5. The van der Waals surface area contributed by atoms with Gasteiger partial charge in [-0.2, -0.15) is 4.31 Å². The molecule has 35 heavy (non-hydrogen) atoms. The summed E-state index contributed by atoms with van der Waals surface area (Å²) in [7, 11) is -0.590. The maximum Gasteiger partial charge on any atom is 0.332 e. The van der Waals surface area contributed by atoms with Gasteiger partial charge >= 0.3 is 5.69 Å². The van der Waals surface area contributed by atoms with Gasteiger partial charge < -0.3 is 9.47 Å². The lowest BCUT2D eigenvalue weighted by molar-refractivity contribution is -0.133. The molecule has 1 aliphatic rings. The number of rotatable bonds is 4. The Labute approximate surface area is 200 Å². The topological polar surface area (TPSA) is 120 Å². The molecule has 0 unspecified atom stereocenters. The van der Waals surface area contributed by atoms with Gasteiger partial charge in [0.25, 0.3) is 5.56 Å². The van der Waals surface area contributed by atoms with Crippen LogP contribution in [0.2, 0.25) is 0 Å². The molecule has 2 aromatic heterocycles. The Morgan fingerprint density at radius 1 is 0.971 bits per heavy atom. The molecule has 1 fully saturated rings. The molecule has 0 spiro atoms. The molecule has 0 atom stereocenters. The normalized spacial score (nSPS) is 15.2. The van der Waals surface area contributed by atoms with E-state index in [2.05, 4.69) is 4.98 Å². The summed E-state index contributed by atoms with van der Waals surface area (Å²) in [5.74, 6) is -0.423. The Bertz CT molecular complexity index is 1690. The molecule has 5 rings (SSSR count). The van der Waals surface area contributed by atoms with Crippen molar-refractivity contribution in [3.8, 4) is 0 Å². The quantitative estimate of drug-likeness (QED) is 0.396. The molecule has 11 nitrogen and oxygen atoms in total. The summed E-state index contributed by atoms with van der Waals surface area (Å²) >= 11 is 0. The minimum atomic E-state index is -3.73. The number of nitrogens with zero attached hydrogens (tertiary/aromatic N) is 6. The van der Waals surface area contributed by atoms with E-state index in [0.717, 1.165) is 15.3 Å². The van der Waals surface area contributed by atoms with Crippen LogP contribution >= 0.6 is 0 Å². The number of benzene rings is 2. The second kappa shape index (κ2) is 8.47. The highest BCUT2D eigenvalue weighted by Gasteiger charge is 2.31. The molecule has 1 aliphatic heterocycles. The lowest BCUT2D eigenvalue weighted by Crippen LogP contribution is -2.52. The van der Waals surface area contributed by atoms with Crippen LogP contribution < -0.4 is 11.2 Å². The molecule has 12 heteroatoms. The van der Waals surface area contributed by atoms with E-state index in [4.69, 9.17) is 0 Å². The molecule has 0 radical (unpaired) electrons. The van der Waals surface area contributed by atoms with Gasteiger partial charge in [0.2, 0.25) is 15.9 Å². The number of carbonyl (C=O) groups excluding carboxylic acids is 1. The number of amides is 1. The highest BCUT2D eigenvalue weighted by atomic mass is 32.2. The van der Waals surface area contributed by atoms with E-state index in [9.17, 15) is 22.8 Å². The van der Waals surface area contributed by atoms with Gasteiger partial charge in [-0.25, -0.2) is 22.8 Å². The van der Waals surface area contributed by atoms with Gasteiger partial charge in [-0.3, -0.25) is 14.2 Å². The molecule has 182 valence electrons. The Kier molecular flexibility index (Phi) is 5.56. The number of carbonyl (C=O) groups is 1. The summed E-state index contributed by atoms with van der Waals surface area (Å²) in [6.07, 6.45) is 1.44. The number of sulfonamides is 1. The van der Waals surface area contributed by atoms with Crippen LogP contribution in [-0.2, 0) is 35.5 Å². The smallest absolute Gasteiger partial charge is 0.332 e. The van der Waals surface area contributed by atoms with E-state index in [1.54, 1.807) is 25.2 Å². The van der Waals surface area contributed by atoms with E-state index in [1.165, 1.54) is 31.7 Å². The number of fused-ring (bicyclic) bond motifs is 2. The van der Waals surface area contributed by atoms with Crippen LogP contribution in [0.15, 0.2) is 63.3 Å². The summed E-state index contributed by atoms with van der Waals surface area (Å²) in [5.41, 5.74) is -0.744. The third kappa shape index (κ3) is 3.84. The van der Waals surface area contributed by atoms with E-state index in [0.29, 0.717) is 0 Å². The lowest BCUT2D eigenvalue weighted by Gasteiger charge is -2.34. The number of piperazine rings is 1. The van der Waals surface area contributed by atoms with Crippen LogP contribution in [0.1, 0.15) is 0 Å². The Morgan fingerprint density at radius 2 is 1.66 bits per heavy atom. The van der Waals surface area contributed by atoms with E-state index < -0.39 is 33.7 Å². The Morgan fingerprint density at radius 3 is 2.37 bits per heavy atom. The summed E-state index contributed by atoms with van der Waals surface area (Å²) in [5, 5.41) is 1.78. The van der Waals surface area contributed by atoms with Crippen molar-refractivity contribution >= 4 is 37.9 Å². The van der Waals surface area contributed by atoms with Crippen molar-refractivity contribution in [2.45, 2.75) is 11.4 Å². The van der Waals surface area contributed by atoms with Gasteiger partial charge in [0, 0.05) is 40.3 Å². The number of imidazole rings is 1. The van der Waals surface area contributed by atoms with Crippen LogP contribution in [0.3, 0.4) is 0 Å². The Balaban J connectivity index is 1.32. The zero-order valence-corrected chi connectivity index (χ0v) is 20.1. The fourth-order valence-corrected chi connectivity index (χ4v) is 5.88. The average molecular weight is 497 g/mol. The van der Waals surface area contributed by atoms with Crippen LogP contribution in [0.25, 0.3) is 21.9 Å². The molecule has 0 N–H and O–H groups in total. The van der Waals surface area contributed by atoms with Gasteiger partial charge in [-0.1, -0.05) is 30.3 Å². The molecular formula is C23H24N6O5S. The number of hydrogen-bond donors (Lipinski definition) is 0. The van der Waals surface area contributed by atoms with Gasteiger partial charge in [0.05, 0.1) is 11.2 Å². The molecule has 0 saturated carbocycles. The maximum atomic E-state index is 13.2. The second-order valence-corrected chi connectivity index (χ2v) is 10.5. The minimum absolute atomic E-state index is 0.120. The van der Waals surface area contributed by atoms with Gasteiger partial charge in [0.15, 0.2) is 11.2 Å². The van der Waals surface area contributed by atoms with Gasteiger partial charge in [-0.05, 0) is 22.9 Å². The highest BCUT2D eigenvalue weighted by Crippen LogP contribution is 2.23. The van der Waals surface area contributed by atoms with Crippen LogP contribution in [0.4, 0.5) is 0 Å². The zero-order chi connectivity index (χ0) is 24.9. The Hall–Kier alpha value is -3.77. The molecule has 2 aromatic carbocycles. The molecule has 0 aliphatic carbocycles. The first kappa shape index (κ1) is 23.0. The van der Waals surface area contributed by atoms with E-state index >= 15 is 0 Å². The van der Waals surface area contributed by atoms with E-state index in [1.807, 2.05) is 24.3 Å². The molecule has 1 saturated heterocycles. The minimum Gasteiger partial charge on any atom is -0.338 e. The number of hydrogen-bond acceptors (Lipinski definition) is 6. The van der Waals surface area contributed by atoms with Crippen molar-refractivity contribution in [1.82, 2.24) is 27.9 Å².